The molecule has 0 bridgehead atoms. The highest BCUT2D eigenvalue weighted by Crippen LogP contribution is 2.43. The van der Waals surface area contributed by atoms with E-state index >= 15 is 0 Å². The second-order valence-corrected chi connectivity index (χ2v) is 8.52. The highest BCUT2D eigenvalue weighted by atomic mass is 79.9. The topological polar surface area (TPSA) is 0 Å². The molecule has 0 nitrogen and oxygen atoms in total. The van der Waals surface area contributed by atoms with E-state index in [1.807, 2.05) is 0 Å². The monoisotopic (exact) mass is 402 g/mol. The quantitative estimate of drug-likeness (QED) is 0.542. The smallest absolute Gasteiger partial charge is 0.0753 e. The fraction of sp³-hybridized carbons (Fsp3) is 0.600. The van der Waals surface area contributed by atoms with Crippen LogP contribution in [0.4, 0.5) is 0 Å². The Morgan fingerprint density at radius 1 is 1.21 bits per heavy atom. The number of halogens is 3. The van der Waals surface area contributed by atoms with E-state index in [2.05, 4.69) is 74.6 Å². The van der Waals surface area contributed by atoms with Gasteiger partial charge in [0.15, 0.2) is 0 Å². The van der Waals surface area contributed by atoms with Crippen LogP contribution in [0.3, 0.4) is 0 Å². The first kappa shape index (κ1) is 13.2. The summed E-state index contributed by atoms with van der Waals surface area (Å²) in [6, 6.07) is 2.19. The number of hydrogen-bond donors (Lipinski definition) is 0. The normalized spacial score (nSPS) is 15.9. The van der Waals surface area contributed by atoms with E-state index in [-0.39, 0.29) is 0 Å². The molecule has 0 aliphatic rings. The van der Waals surface area contributed by atoms with E-state index in [0.29, 0.717) is 16.7 Å². The van der Waals surface area contributed by atoms with Gasteiger partial charge < -0.3 is 0 Å². The lowest BCUT2D eigenvalue weighted by Gasteiger charge is -2.21. The van der Waals surface area contributed by atoms with Crippen LogP contribution < -0.4 is 0 Å². The Labute approximate surface area is 115 Å². The van der Waals surface area contributed by atoms with Gasteiger partial charge >= 0.3 is 0 Å². The Morgan fingerprint density at radius 3 is 2.14 bits per heavy atom. The average molecular weight is 405 g/mol. The fourth-order valence-electron chi connectivity index (χ4n) is 1.16. The summed E-state index contributed by atoms with van der Waals surface area (Å²) in [5, 5.41) is 0. The summed E-state index contributed by atoms with van der Waals surface area (Å²) in [6.07, 6.45) is 0. The van der Waals surface area contributed by atoms with Gasteiger partial charge in [-0.25, -0.2) is 0 Å². The van der Waals surface area contributed by atoms with E-state index in [1.54, 1.807) is 11.3 Å². The van der Waals surface area contributed by atoms with Crippen molar-refractivity contribution < 1.29 is 0 Å². The number of rotatable bonds is 3. The predicted molar refractivity (Wildman–Crippen MR) is 75.4 cm³/mol. The Kier molecular flexibility index (Phi) is 5.15. The Hall–Kier alpha value is 1.14. The molecule has 1 rings (SSSR count). The lowest BCUT2D eigenvalue weighted by Crippen LogP contribution is -2.10. The van der Waals surface area contributed by atoms with Crippen LogP contribution in [0.1, 0.15) is 31.2 Å². The van der Waals surface area contributed by atoms with Gasteiger partial charge in [-0.05, 0) is 55.3 Å². The van der Waals surface area contributed by atoms with Crippen LogP contribution in [0.15, 0.2) is 13.6 Å². The highest BCUT2D eigenvalue weighted by molar-refractivity contribution is 9.12. The minimum Gasteiger partial charge on any atom is -0.121 e. The summed E-state index contributed by atoms with van der Waals surface area (Å²) in [5.41, 5.74) is 1.35. The van der Waals surface area contributed by atoms with Crippen LogP contribution in [0.5, 0.6) is 0 Å². The molecule has 0 spiro atoms. The van der Waals surface area contributed by atoms with Gasteiger partial charge in [-0.3, -0.25) is 0 Å². The molecule has 0 radical (unpaired) electrons. The molecule has 0 saturated carbocycles. The standard InChI is InChI=1S/C10H13Br3S/c1-5(2)6(3)9(12)7-4-8(11)14-10(7)13/h4-6,9H,1-3H3. The zero-order valence-electron chi connectivity index (χ0n) is 8.35. The minimum absolute atomic E-state index is 0.430. The molecule has 14 heavy (non-hydrogen) atoms. The van der Waals surface area contributed by atoms with Gasteiger partial charge in [0.1, 0.15) is 0 Å². The lowest BCUT2D eigenvalue weighted by molar-refractivity contribution is 0.414. The third-order valence-corrected chi connectivity index (χ3v) is 6.21. The van der Waals surface area contributed by atoms with Crippen molar-refractivity contribution in [3.8, 4) is 0 Å². The molecule has 1 aromatic heterocycles. The van der Waals surface area contributed by atoms with Crippen molar-refractivity contribution in [2.75, 3.05) is 0 Å². The van der Waals surface area contributed by atoms with Gasteiger partial charge in [-0.2, -0.15) is 0 Å². The molecule has 0 aromatic carbocycles. The third kappa shape index (κ3) is 3.06. The van der Waals surface area contributed by atoms with Crippen LogP contribution >= 0.6 is 59.1 Å². The van der Waals surface area contributed by atoms with E-state index in [1.165, 1.54) is 13.1 Å². The molecule has 0 saturated heterocycles. The van der Waals surface area contributed by atoms with Gasteiger partial charge in [0.05, 0.1) is 7.57 Å². The largest absolute Gasteiger partial charge is 0.121 e. The molecule has 0 fully saturated rings. The van der Waals surface area contributed by atoms with Gasteiger partial charge in [0.2, 0.25) is 0 Å². The van der Waals surface area contributed by atoms with Crippen molar-refractivity contribution in [1.29, 1.82) is 0 Å². The van der Waals surface area contributed by atoms with Gasteiger partial charge in [-0.15, -0.1) is 11.3 Å². The molecular formula is C10H13Br3S. The number of alkyl halides is 1. The first-order chi connectivity index (χ1) is 6.43. The first-order valence-corrected chi connectivity index (χ1v) is 7.84. The zero-order chi connectivity index (χ0) is 10.9. The summed E-state index contributed by atoms with van der Waals surface area (Å²) in [7, 11) is 0. The van der Waals surface area contributed by atoms with Crippen molar-refractivity contribution in [1.82, 2.24) is 0 Å². The molecule has 1 aromatic rings. The average Bonchev–Trinajstić information content (AvgIpc) is 2.42. The highest BCUT2D eigenvalue weighted by Gasteiger charge is 2.22. The first-order valence-electron chi connectivity index (χ1n) is 4.52. The summed E-state index contributed by atoms with van der Waals surface area (Å²) >= 11 is 12.6. The fourth-order valence-corrected chi connectivity index (χ4v) is 5.52. The lowest BCUT2D eigenvalue weighted by atomic mass is 9.92. The minimum atomic E-state index is 0.430. The molecule has 80 valence electrons. The van der Waals surface area contributed by atoms with Crippen LogP contribution in [0.2, 0.25) is 0 Å². The molecular weight excluding hydrogens is 392 g/mol. The van der Waals surface area contributed by atoms with Crippen LogP contribution in [-0.2, 0) is 0 Å². The van der Waals surface area contributed by atoms with Crippen molar-refractivity contribution in [2.24, 2.45) is 11.8 Å². The number of hydrogen-bond acceptors (Lipinski definition) is 1. The Morgan fingerprint density at radius 2 is 1.79 bits per heavy atom. The summed E-state index contributed by atoms with van der Waals surface area (Å²) in [5.74, 6) is 1.32. The zero-order valence-corrected chi connectivity index (χ0v) is 13.9. The summed E-state index contributed by atoms with van der Waals surface area (Å²) in [6.45, 7) is 6.80. The molecule has 0 amide bonds. The summed E-state index contributed by atoms with van der Waals surface area (Å²) in [4.78, 5) is 0.430. The van der Waals surface area contributed by atoms with E-state index in [0.717, 1.165) is 0 Å². The predicted octanol–water partition coefficient (Wildman–Crippen LogP) is 6.00. The SMILES string of the molecule is CC(C)C(C)C(Br)c1cc(Br)sc1Br. The molecule has 0 N–H and O–H groups in total. The summed E-state index contributed by atoms with van der Waals surface area (Å²) < 4.78 is 2.40. The second kappa shape index (κ2) is 5.46. The molecule has 0 aliphatic heterocycles. The molecule has 0 aliphatic carbocycles. The van der Waals surface area contributed by atoms with Crippen LogP contribution in [-0.4, -0.2) is 0 Å². The Bertz CT molecular complexity index is 306. The Balaban J connectivity index is 2.88. The maximum Gasteiger partial charge on any atom is 0.0753 e. The molecule has 2 atom stereocenters. The van der Waals surface area contributed by atoms with Gasteiger partial charge in [0, 0.05) is 4.83 Å². The molecule has 4 heteroatoms. The van der Waals surface area contributed by atoms with E-state index in [9.17, 15) is 0 Å². The van der Waals surface area contributed by atoms with Gasteiger partial charge in [-0.1, -0.05) is 36.7 Å². The third-order valence-electron chi connectivity index (χ3n) is 2.49. The van der Waals surface area contributed by atoms with E-state index in [4.69, 9.17) is 0 Å². The second-order valence-electron chi connectivity index (χ2n) is 3.78. The van der Waals surface area contributed by atoms with Crippen molar-refractivity contribution in [3.05, 3.63) is 19.2 Å². The maximum atomic E-state index is 3.77. The van der Waals surface area contributed by atoms with Crippen molar-refractivity contribution in [3.63, 3.8) is 0 Å². The van der Waals surface area contributed by atoms with Crippen LogP contribution in [0.25, 0.3) is 0 Å². The van der Waals surface area contributed by atoms with Crippen molar-refractivity contribution in [2.45, 2.75) is 25.6 Å². The van der Waals surface area contributed by atoms with Crippen LogP contribution in [0, 0.1) is 11.8 Å². The van der Waals surface area contributed by atoms with Gasteiger partial charge in [0.25, 0.3) is 0 Å². The van der Waals surface area contributed by atoms with E-state index < -0.39 is 0 Å². The molecule has 2 unspecified atom stereocenters. The maximum absolute atomic E-state index is 3.77. The van der Waals surface area contributed by atoms with Crippen molar-refractivity contribution >= 4 is 59.1 Å². The molecule has 1 heterocycles. The number of thiophene rings is 1.